The molecule has 0 saturated heterocycles. The summed E-state index contributed by atoms with van der Waals surface area (Å²) in [5, 5.41) is 4.93. The van der Waals surface area contributed by atoms with Crippen LogP contribution in [0.2, 0.25) is 0 Å². The molecule has 0 heterocycles. The van der Waals surface area contributed by atoms with Gasteiger partial charge in [0, 0.05) is 19.2 Å². The van der Waals surface area contributed by atoms with Crippen LogP contribution in [0.3, 0.4) is 0 Å². The van der Waals surface area contributed by atoms with E-state index in [1.54, 1.807) is 18.2 Å². The zero-order valence-corrected chi connectivity index (χ0v) is 8.42. The van der Waals surface area contributed by atoms with E-state index in [1.807, 2.05) is 0 Å². The first-order valence-electron chi connectivity index (χ1n) is 4.48. The highest BCUT2D eigenvalue weighted by molar-refractivity contribution is 5.73. The number of hydrogen-bond donors (Lipinski definition) is 2. The van der Waals surface area contributed by atoms with Gasteiger partial charge in [-0.15, -0.1) is 0 Å². The van der Waals surface area contributed by atoms with Gasteiger partial charge in [-0.1, -0.05) is 18.2 Å². The Labute approximate surface area is 87.4 Å². The Morgan fingerprint density at radius 1 is 1.40 bits per heavy atom. The second kappa shape index (κ2) is 5.98. The highest BCUT2D eigenvalue weighted by Crippen LogP contribution is 2.04. The van der Waals surface area contributed by atoms with Gasteiger partial charge in [-0.2, -0.15) is 0 Å². The van der Waals surface area contributed by atoms with Crippen molar-refractivity contribution in [2.75, 3.05) is 13.8 Å². The molecule has 0 unspecified atom stereocenters. The van der Waals surface area contributed by atoms with E-state index in [4.69, 9.17) is 0 Å². The maximum Gasteiger partial charge on any atom is 0.316 e. The molecule has 0 aliphatic carbocycles. The van der Waals surface area contributed by atoms with Crippen LogP contribution in [0.25, 0.3) is 0 Å². The third-order valence-electron chi connectivity index (χ3n) is 1.77. The van der Waals surface area contributed by atoms with Crippen LogP contribution in [-0.4, -0.2) is 19.9 Å². The first-order chi connectivity index (χ1) is 7.24. The van der Waals surface area contributed by atoms with E-state index in [2.05, 4.69) is 15.4 Å². The predicted octanol–water partition coefficient (Wildman–Crippen LogP) is 1.23. The summed E-state index contributed by atoms with van der Waals surface area (Å²) in [6.45, 7) is 0.283. The van der Waals surface area contributed by atoms with Gasteiger partial charge >= 0.3 is 6.03 Å². The van der Waals surface area contributed by atoms with Crippen molar-refractivity contribution in [1.29, 1.82) is 0 Å². The zero-order valence-electron chi connectivity index (χ0n) is 8.42. The lowest BCUT2D eigenvalue weighted by molar-refractivity contribution is 0.172. The molecule has 0 aliphatic rings. The number of nitrogens with one attached hydrogen (secondary N) is 2. The number of rotatable bonds is 4. The summed E-state index contributed by atoms with van der Waals surface area (Å²) in [5.74, 6) is -0.329. The molecule has 5 heteroatoms. The molecule has 0 saturated carbocycles. The molecule has 2 N–H and O–H groups in total. The largest absolute Gasteiger partial charge is 0.364 e. The van der Waals surface area contributed by atoms with Gasteiger partial charge in [0.1, 0.15) is 12.5 Å². The number of carbonyl (C=O) groups is 1. The molecule has 0 bridgehead atoms. The topological polar surface area (TPSA) is 50.4 Å². The standard InChI is InChI=1S/C10H13FN2O2/c1-15-7-13-10(14)12-6-8-4-2-3-5-9(8)11/h2-5H,6-7H2,1H3,(H2,12,13,14). The minimum absolute atomic E-state index is 0.128. The van der Waals surface area contributed by atoms with Crippen molar-refractivity contribution in [3.8, 4) is 0 Å². The fourth-order valence-corrected chi connectivity index (χ4v) is 1.02. The van der Waals surface area contributed by atoms with Crippen molar-refractivity contribution >= 4 is 6.03 Å². The number of halogens is 1. The third-order valence-corrected chi connectivity index (χ3v) is 1.77. The Bertz CT molecular complexity index is 331. The van der Waals surface area contributed by atoms with E-state index in [1.165, 1.54) is 13.2 Å². The summed E-state index contributed by atoms with van der Waals surface area (Å²) in [5.41, 5.74) is 0.449. The number of ether oxygens (including phenoxy) is 1. The van der Waals surface area contributed by atoms with Gasteiger partial charge in [0.2, 0.25) is 0 Å². The van der Waals surface area contributed by atoms with E-state index in [9.17, 15) is 9.18 Å². The summed E-state index contributed by atoms with van der Waals surface area (Å²) >= 11 is 0. The molecular weight excluding hydrogens is 199 g/mol. The lowest BCUT2D eigenvalue weighted by atomic mass is 10.2. The lowest BCUT2D eigenvalue weighted by Crippen LogP contribution is -2.36. The summed E-state index contributed by atoms with van der Waals surface area (Å²) in [6.07, 6.45) is 0. The lowest BCUT2D eigenvalue weighted by Gasteiger charge is -2.07. The van der Waals surface area contributed by atoms with Crippen LogP contribution < -0.4 is 10.6 Å². The number of urea groups is 1. The second-order valence-corrected chi connectivity index (χ2v) is 2.88. The maximum atomic E-state index is 13.1. The Morgan fingerprint density at radius 3 is 2.80 bits per heavy atom. The van der Waals surface area contributed by atoms with E-state index >= 15 is 0 Å². The number of hydrogen-bond acceptors (Lipinski definition) is 2. The normalized spacial score (nSPS) is 9.73. The van der Waals surface area contributed by atoms with Gasteiger partial charge in [0.15, 0.2) is 0 Å². The average molecular weight is 212 g/mol. The molecule has 4 nitrogen and oxygen atoms in total. The molecule has 0 aromatic heterocycles. The van der Waals surface area contributed by atoms with Crippen molar-refractivity contribution in [2.24, 2.45) is 0 Å². The minimum atomic E-state index is -0.389. The quantitative estimate of drug-likeness (QED) is 0.737. The minimum Gasteiger partial charge on any atom is -0.364 e. The molecule has 15 heavy (non-hydrogen) atoms. The van der Waals surface area contributed by atoms with Crippen LogP contribution in [0, 0.1) is 5.82 Å². The second-order valence-electron chi connectivity index (χ2n) is 2.88. The molecule has 0 radical (unpaired) electrons. The van der Waals surface area contributed by atoms with Crippen molar-refractivity contribution in [3.05, 3.63) is 35.6 Å². The van der Waals surface area contributed by atoms with Crippen LogP contribution in [0.1, 0.15) is 5.56 Å². The van der Waals surface area contributed by atoms with Crippen molar-refractivity contribution < 1.29 is 13.9 Å². The highest BCUT2D eigenvalue weighted by atomic mass is 19.1. The van der Waals surface area contributed by atoms with E-state index < -0.39 is 0 Å². The molecule has 0 aliphatic heterocycles. The first kappa shape index (κ1) is 11.5. The molecule has 1 aromatic carbocycles. The van der Waals surface area contributed by atoms with Crippen LogP contribution in [0.15, 0.2) is 24.3 Å². The Balaban J connectivity index is 2.37. The summed E-state index contributed by atoms with van der Waals surface area (Å²) in [7, 11) is 1.47. The van der Waals surface area contributed by atoms with Crippen molar-refractivity contribution in [1.82, 2.24) is 10.6 Å². The monoisotopic (exact) mass is 212 g/mol. The highest BCUT2D eigenvalue weighted by Gasteiger charge is 2.02. The molecular formula is C10H13FN2O2. The number of carbonyl (C=O) groups excluding carboxylic acids is 1. The first-order valence-corrected chi connectivity index (χ1v) is 4.48. The van der Waals surface area contributed by atoms with Crippen LogP contribution in [0.5, 0.6) is 0 Å². The zero-order chi connectivity index (χ0) is 11.1. The fourth-order valence-electron chi connectivity index (χ4n) is 1.02. The maximum absolute atomic E-state index is 13.1. The van der Waals surface area contributed by atoms with Gasteiger partial charge in [-0.05, 0) is 6.07 Å². The Kier molecular flexibility index (Phi) is 4.56. The molecule has 2 amide bonds. The number of benzene rings is 1. The van der Waals surface area contributed by atoms with Crippen LogP contribution >= 0.6 is 0 Å². The van der Waals surface area contributed by atoms with Gasteiger partial charge in [-0.25, -0.2) is 9.18 Å². The molecule has 1 rings (SSSR count). The van der Waals surface area contributed by atoms with E-state index in [0.717, 1.165) is 0 Å². The van der Waals surface area contributed by atoms with Crippen LogP contribution in [-0.2, 0) is 11.3 Å². The van der Waals surface area contributed by atoms with Gasteiger partial charge in [0.25, 0.3) is 0 Å². The van der Waals surface area contributed by atoms with Gasteiger partial charge < -0.3 is 15.4 Å². The van der Waals surface area contributed by atoms with Crippen molar-refractivity contribution in [3.63, 3.8) is 0 Å². The molecule has 0 spiro atoms. The number of methoxy groups -OCH3 is 1. The Hall–Kier alpha value is -1.62. The van der Waals surface area contributed by atoms with E-state index in [0.29, 0.717) is 5.56 Å². The summed E-state index contributed by atoms with van der Waals surface area (Å²) < 4.78 is 17.7. The SMILES string of the molecule is COCNC(=O)NCc1ccccc1F. The molecule has 0 atom stereocenters. The van der Waals surface area contributed by atoms with Gasteiger partial charge in [-0.3, -0.25) is 0 Å². The Morgan fingerprint density at radius 2 is 2.13 bits per heavy atom. The van der Waals surface area contributed by atoms with Crippen LogP contribution in [0.4, 0.5) is 9.18 Å². The van der Waals surface area contributed by atoms with E-state index in [-0.39, 0.29) is 25.1 Å². The third kappa shape index (κ3) is 3.95. The predicted molar refractivity (Wildman–Crippen MR) is 53.6 cm³/mol. The molecule has 1 aromatic rings. The fraction of sp³-hybridized carbons (Fsp3) is 0.300. The smallest absolute Gasteiger partial charge is 0.316 e. The summed E-state index contributed by atoms with van der Waals surface area (Å²) in [6, 6.07) is 5.90. The molecule has 82 valence electrons. The summed E-state index contributed by atoms with van der Waals surface area (Å²) in [4.78, 5) is 11.1. The molecule has 0 fully saturated rings. The average Bonchev–Trinajstić information content (AvgIpc) is 2.25. The van der Waals surface area contributed by atoms with Crippen molar-refractivity contribution in [2.45, 2.75) is 6.54 Å². The van der Waals surface area contributed by atoms with Gasteiger partial charge in [0.05, 0.1) is 0 Å². The number of amides is 2.